The number of rotatable bonds is 29. The molecule has 382 valence electrons. The van der Waals surface area contributed by atoms with E-state index in [1.54, 1.807) is 95.3 Å². The predicted molar refractivity (Wildman–Crippen MR) is 258 cm³/mol. The second kappa shape index (κ2) is 29.5. The zero-order valence-corrected chi connectivity index (χ0v) is 41.3. The molecule has 0 unspecified atom stereocenters. The largest absolute Gasteiger partial charge is 0.480 e. The van der Waals surface area contributed by atoms with Gasteiger partial charge in [0.15, 0.2) is 0 Å². The van der Waals surface area contributed by atoms with Crippen LogP contribution in [0, 0.1) is 29.6 Å². The van der Waals surface area contributed by atoms with Crippen LogP contribution in [0.15, 0.2) is 60.7 Å². The number of nitrogens with two attached hydrogens (primary N) is 1. The number of aliphatic hydroxyl groups is 1. The first-order chi connectivity index (χ1) is 32.5. The molecule has 0 saturated heterocycles. The lowest BCUT2D eigenvalue weighted by Crippen LogP contribution is -2.60. The number of carbonyl (C=O) groups excluding carboxylic acids is 8. The van der Waals surface area contributed by atoms with Crippen molar-refractivity contribution in [2.24, 2.45) is 35.3 Å². The van der Waals surface area contributed by atoms with Crippen LogP contribution in [0.5, 0.6) is 0 Å². The maximum absolute atomic E-state index is 14.2. The molecule has 0 heterocycles. The number of carboxylic acid groups (broad SMARTS) is 1. The van der Waals surface area contributed by atoms with Crippen molar-refractivity contribution in [1.82, 2.24) is 42.5 Å². The molecule has 69 heavy (non-hydrogen) atoms. The van der Waals surface area contributed by atoms with Crippen molar-refractivity contribution in [2.45, 2.75) is 137 Å². The Balaban J connectivity index is 2.35. The van der Waals surface area contributed by atoms with Crippen molar-refractivity contribution in [3.05, 3.63) is 71.8 Å². The minimum absolute atomic E-state index is 0.0536. The minimum Gasteiger partial charge on any atom is -0.480 e. The molecule has 0 radical (unpaired) electrons. The van der Waals surface area contributed by atoms with E-state index in [2.05, 4.69) is 42.5 Å². The third-order valence-electron chi connectivity index (χ3n) is 11.2. The molecule has 2 rings (SSSR count). The Labute approximate surface area is 405 Å². The van der Waals surface area contributed by atoms with E-state index in [-0.39, 0.29) is 50.0 Å². The summed E-state index contributed by atoms with van der Waals surface area (Å²) >= 11 is 0. The van der Waals surface area contributed by atoms with Crippen LogP contribution in [0.1, 0.15) is 92.7 Å². The molecule has 2 aromatic carbocycles. The fourth-order valence-corrected chi connectivity index (χ4v) is 7.34. The summed E-state index contributed by atoms with van der Waals surface area (Å²) in [5.41, 5.74) is 6.77. The fraction of sp³-hybridized carbons (Fsp3) is 0.571. The van der Waals surface area contributed by atoms with Crippen LogP contribution in [-0.4, -0.2) is 119 Å². The molecular weight excluding hydrogens is 891 g/mol. The molecule has 20 heteroatoms. The Bertz CT molecular complexity index is 2020. The Kier molecular flexibility index (Phi) is 25.1. The highest BCUT2D eigenvalue weighted by Crippen LogP contribution is 2.16. The van der Waals surface area contributed by atoms with Crippen LogP contribution in [0.3, 0.4) is 0 Å². The SMILES string of the molecule is CC[C@H](C)[C@H](NC(=O)CN)C(=O)N[C@@H](CC(C)C)C(=O)NCC(=O)N[C@@H](Cc1ccccc1)NC(=O)[C@H](C(=O)N[C@@H](Cc1ccccc1)C(=O)N[C@H](C(=O)N[C@@H](CC(C)C)C(=O)O)[C@@H](C)O)C(C)C. The quantitative estimate of drug-likeness (QED) is 0.0390. The second-order valence-corrected chi connectivity index (χ2v) is 18.6. The van der Waals surface area contributed by atoms with E-state index in [0.29, 0.717) is 17.5 Å². The maximum Gasteiger partial charge on any atom is 0.326 e. The molecule has 8 amide bonds. The Morgan fingerprint density at radius 3 is 1.52 bits per heavy atom. The van der Waals surface area contributed by atoms with Gasteiger partial charge >= 0.3 is 5.97 Å². The van der Waals surface area contributed by atoms with Gasteiger partial charge in [-0.1, -0.05) is 122 Å². The van der Waals surface area contributed by atoms with Crippen molar-refractivity contribution in [3.63, 3.8) is 0 Å². The lowest BCUT2D eigenvalue weighted by molar-refractivity contribution is -0.144. The van der Waals surface area contributed by atoms with Gasteiger partial charge in [-0.15, -0.1) is 0 Å². The monoisotopic (exact) mass is 966 g/mol. The summed E-state index contributed by atoms with van der Waals surface area (Å²) in [6, 6.07) is 11.1. The van der Waals surface area contributed by atoms with Gasteiger partial charge in [0.05, 0.1) is 19.2 Å². The summed E-state index contributed by atoms with van der Waals surface area (Å²) in [4.78, 5) is 120. The summed E-state index contributed by atoms with van der Waals surface area (Å²) in [7, 11) is 0. The highest BCUT2D eigenvalue weighted by molar-refractivity contribution is 6.03. The van der Waals surface area contributed by atoms with Gasteiger partial charge < -0.3 is 58.5 Å². The Morgan fingerprint density at radius 2 is 1.03 bits per heavy atom. The normalized spacial score (nSPS) is 15.2. The number of carboxylic acids is 1. The number of benzene rings is 2. The highest BCUT2D eigenvalue weighted by Gasteiger charge is 2.37. The first-order valence-corrected chi connectivity index (χ1v) is 23.5. The number of aliphatic hydroxyl groups excluding tert-OH is 1. The summed E-state index contributed by atoms with van der Waals surface area (Å²) in [6.45, 7) is 14.5. The van der Waals surface area contributed by atoms with Gasteiger partial charge in [0.1, 0.15) is 42.3 Å². The van der Waals surface area contributed by atoms with E-state index in [9.17, 15) is 53.4 Å². The minimum atomic E-state index is -1.62. The third-order valence-corrected chi connectivity index (χ3v) is 11.2. The maximum atomic E-state index is 14.2. The standard InChI is InChI=1S/C49H75N9O11/c1-10-30(8)41(57-38(60)25-50)47(66)53-34(21-27(2)3)43(62)51-26-39(61)55-37(24-33-19-15-12-16-20-33)56-46(65)40(29(6)7)45(64)52-35(23-32-17-13-11-14-18-32)44(63)58-42(31(9)59)48(67)54-36(49(68)69)22-28(4)5/h11-20,27-31,34-37,40-42,59H,10,21-26,50H2,1-9H3,(H,51,62)(H,52,64)(H,53,66)(H,54,67)(H,55,61)(H,56,65)(H,57,60)(H,58,63)(H,68,69)/t30-,31+,34-,35-,36-,37+,40-,41-,42-/m0/s1. The van der Waals surface area contributed by atoms with Crippen LogP contribution in [-0.2, 0) is 56.0 Å². The molecule has 0 aliphatic carbocycles. The van der Waals surface area contributed by atoms with Crippen LogP contribution in [0.4, 0.5) is 0 Å². The first-order valence-electron chi connectivity index (χ1n) is 23.5. The number of carbonyl (C=O) groups is 9. The van der Waals surface area contributed by atoms with Crippen molar-refractivity contribution in [3.8, 4) is 0 Å². The number of hydrogen-bond acceptors (Lipinski definition) is 11. The van der Waals surface area contributed by atoms with E-state index >= 15 is 0 Å². The molecule has 0 fully saturated rings. The molecule has 0 spiro atoms. The Morgan fingerprint density at radius 1 is 0.536 bits per heavy atom. The molecule has 0 bridgehead atoms. The van der Waals surface area contributed by atoms with Crippen molar-refractivity contribution >= 4 is 53.2 Å². The molecular formula is C49H75N9O11. The zero-order valence-electron chi connectivity index (χ0n) is 41.3. The summed E-state index contributed by atoms with van der Waals surface area (Å²) < 4.78 is 0. The van der Waals surface area contributed by atoms with Gasteiger partial charge in [-0.2, -0.15) is 0 Å². The van der Waals surface area contributed by atoms with E-state index in [4.69, 9.17) is 5.73 Å². The average molecular weight is 966 g/mol. The van der Waals surface area contributed by atoms with Crippen LogP contribution >= 0.6 is 0 Å². The lowest BCUT2D eigenvalue weighted by atomic mass is 9.92. The van der Waals surface area contributed by atoms with Crippen LogP contribution in [0.2, 0.25) is 0 Å². The highest BCUT2D eigenvalue weighted by atomic mass is 16.4. The summed E-state index contributed by atoms with van der Waals surface area (Å²) in [5.74, 6) is -9.89. The van der Waals surface area contributed by atoms with Gasteiger partial charge in [0, 0.05) is 12.8 Å². The molecule has 20 nitrogen and oxygen atoms in total. The third kappa shape index (κ3) is 20.8. The van der Waals surface area contributed by atoms with Crippen molar-refractivity contribution in [2.75, 3.05) is 13.1 Å². The number of hydrogen-bond donors (Lipinski definition) is 11. The number of amides is 8. The molecule has 12 N–H and O–H groups in total. The molecule has 0 aliphatic heterocycles. The molecule has 0 aromatic heterocycles. The van der Waals surface area contributed by atoms with Crippen molar-refractivity contribution in [1.29, 1.82) is 0 Å². The first kappa shape index (κ1) is 58.7. The molecule has 0 saturated carbocycles. The van der Waals surface area contributed by atoms with Gasteiger partial charge in [-0.05, 0) is 54.6 Å². The average Bonchev–Trinajstić information content (AvgIpc) is 3.27. The van der Waals surface area contributed by atoms with E-state index in [0.717, 1.165) is 0 Å². The van der Waals surface area contributed by atoms with Gasteiger partial charge in [0.2, 0.25) is 47.3 Å². The lowest BCUT2D eigenvalue weighted by Gasteiger charge is -2.29. The van der Waals surface area contributed by atoms with Gasteiger partial charge in [-0.25, -0.2) is 4.79 Å². The predicted octanol–water partition coefficient (Wildman–Crippen LogP) is 0.405. The van der Waals surface area contributed by atoms with E-state index < -0.39 is 114 Å². The summed E-state index contributed by atoms with van der Waals surface area (Å²) in [6.07, 6.45) is -1.82. The van der Waals surface area contributed by atoms with Crippen molar-refractivity contribution < 1.29 is 53.4 Å². The van der Waals surface area contributed by atoms with E-state index in [1.807, 2.05) is 20.8 Å². The van der Waals surface area contributed by atoms with Crippen LogP contribution < -0.4 is 48.3 Å². The van der Waals surface area contributed by atoms with Crippen LogP contribution in [0.25, 0.3) is 0 Å². The molecule has 2 aromatic rings. The Hall–Kier alpha value is -6.41. The zero-order chi connectivity index (χ0) is 52.0. The second-order valence-electron chi connectivity index (χ2n) is 18.6. The summed E-state index contributed by atoms with van der Waals surface area (Å²) in [5, 5.41) is 41.1. The number of nitrogens with one attached hydrogen (secondary N) is 8. The fourth-order valence-electron chi connectivity index (χ4n) is 7.34. The topological polar surface area (TPSA) is 316 Å². The van der Waals surface area contributed by atoms with Gasteiger partial charge in [0.25, 0.3) is 0 Å². The molecule has 0 aliphatic rings. The van der Waals surface area contributed by atoms with E-state index in [1.165, 1.54) is 6.92 Å². The smallest absolute Gasteiger partial charge is 0.326 e. The molecule has 9 atom stereocenters. The number of aliphatic carboxylic acids is 1. The van der Waals surface area contributed by atoms with Gasteiger partial charge in [-0.3, -0.25) is 38.4 Å².